The van der Waals surface area contributed by atoms with Gasteiger partial charge in [-0.15, -0.1) is 0 Å². The number of nitrogens with zero attached hydrogens (tertiary/aromatic N) is 1. The monoisotopic (exact) mass is 529 g/mol. The third-order valence-electron chi connectivity index (χ3n) is 6.51. The van der Waals surface area contributed by atoms with Crippen molar-refractivity contribution in [2.45, 2.75) is 12.8 Å². The zero-order chi connectivity index (χ0) is 27.2. The largest absolute Gasteiger partial charge is 0.369 e. The highest BCUT2D eigenvalue weighted by Crippen LogP contribution is 2.24. The minimum absolute atomic E-state index is 0.150. The third kappa shape index (κ3) is 6.27. The average molecular weight is 530 g/mol. The van der Waals surface area contributed by atoms with Crippen LogP contribution in [0.5, 0.6) is 0 Å². The number of nitrogens with one attached hydrogen (secondary N) is 3. The van der Waals surface area contributed by atoms with E-state index >= 15 is 0 Å². The highest BCUT2D eigenvalue weighted by molar-refractivity contribution is 6.31. The lowest BCUT2D eigenvalue weighted by atomic mass is 9.95. The number of carbonyl (C=O) groups excluding carboxylic acids is 3. The summed E-state index contributed by atoms with van der Waals surface area (Å²) in [6.07, 6.45) is 2.95. The van der Waals surface area contributed by atoms with Crippen LogP contribution in [0.15, 0.2) is 73.3 Å². The maximum Gasteiger partial charge on any atom is 0.257 e. The van der Waals surface area contributed by atoms with Crippen LogP contribution in [0.1, 0.15) is 44.7 Å². The van der Waals surface area contributed by atoms with Crippen molar-refractivity contribution in [1.82, 2.24) is 4.90 Å². The van der Waals surface area contributed by atoms with Gasteiger partial charge in [-0.2, -0.15) is 0 Å². The third-order valence-corrected chi connectivity index (χ3v) is 6.75. The quantitative estimate of drug-likeness (QED) is 0.253. The molecule has 0 unspecified atom stereocenters. The molecule has 0 saturated carbocycles. The van der Waals surface area contributed by atoms with Gasteiger partial charge in [0.25, 0.3) is 11.8 Å². The second kappa shape index (κ2) is 11.7. The number of amides is 3. The molecule has 1 aliphatic rings. The Kier molecular flexibility index (Phi) is 8.23. The number of hydrogen-bond donors (Lipinski definition) is 4. The Labute approximate surface area is 226 Å². The summed E-state index contributed by atoms with van der Waals surface area (Å²) in [4.78, 5) is 39.3. The first-order valence-corrected chi connectivity index (χ1v) is 12.5. The fourth-order valence-electron chi connectivity index (χ4n) is 4.26. The molecule has 1 fully saturated rings. The van der Waals surface area contributed by atoms with E-state index in [1.165, 1.54) is 6.07 Å². The van der Waals surface area contributed by atoms with E-state index < -0.39 is 11.8 Å². The van der Waals surface area contributed by atoms with E-state index in [9.17, 15) is 14.4 Å². The van der Waals surface area contributed by atoms with Crippen molar-refractivity contribution < 1.29 is 14.4 Å². The summed E-state index contributed by atoms with van der Waals surface area (Å²) in [5.74, 6) is -0.939. The molecule has 9 heteroatoms. The number of anilines is 2. The van der Waals surface area contributed by atoms with Crippen molar-refractivity contribution in [3.8, 4) is 0 Å². The van der Waals surface area contributed by atoms with Gasteiger partial charge in [-0.05, 0) is 60.9 Å². The van der Waals surface area contributed by atoms with Crippen LogP contribution in [0.3, 0.4) is 0 Å². The normalized spacial score (nSPS) is 13.4. The van der Waals surface area contributed by atoms with Crippen LogP contribution in [-0.2, 0) is 4.79 Å². The van der Waals surface area contributed by atoms with Crippen molar-refractivity contribution in [3.63, 3.8) is 0 Å². The lowest BCUT2D eigenvalue weighted by Crippen LogP contribution is -2.41. The molecular formula is C29H28ClN5O3. The Morgan fingerprint density at radius 2 is 1.55 bits per heavy atom. The number of likely N-dealkylation sites (tertiary alicyclic amines) is 1. The number of primary amides is 1. The maximum absolute atomic E-state index is 13.0. The fourth-order valence-corrected chi connectivity index (χ4v) is 4.43. The predicted molar refractivity (Wildman–Crippen MR) is 151 cm³/mol. The van der Waals surface area contributed by atoms with E-state index in [0.717, 1.165) is 5.56 Å². The number of amidine groups is 1. The second-order valence-corrected chi connectivity index (χ2v) is 9.45. The predicted octanol–water partition coefficient (Wildman–Crippen LogP) is 5.01. The molecule has 1 aliphatic heterocycles. The van der Waals surface area contributed by atoms with Crippen molar-refractivity contribution in [2.24, 2.45) is 11.7 Å². The Bertz CT molecular complexity index is 1380. The van der Waals surface area contributed by atoms with Gasteiger partial charge >= 0.3 is 0 Å². The summed E-state index contributed by atoms with van der Waals surface area (Å²) in [5.41, 5.74) is 8.48. The van der Waals surface area contributed by atoms with Crippen LogP contribution in [0.4, 0.5) is 11.4 Å². The first-order valence-electron chi connectivity index (χ1n) is 12.1. The molecule has 0 bridgehead atoms. The van der Waals surface area contributed by atoms with Crippen LogP contribution in [0.2, 0.25) is 5.02 Å². The zero-order valence-electron chi connectivity index (χ0n) is 20.7. The molecule has 3 aromatic carbocycles. The second-order valence-electron chi connectivity index (χ2n) is 9.01. The summed E-state index contributed by atoms with van der Waals surface area (Å²) in [6.45, 7) is 4.87. The number of nitrogens with two attached hydrogens (primary N) is 1. The fraction of sp³-hybridized carbons (Fsp3) is 0.172. The number of halogens is 1. The summed E-state index contributed by atoms with van der Waals surface area (Å²) in [6, 6.07) is 18.5. The number of carbonyl (C=O) groups is 3. The average Bonchev–Trinajstić information content (AvgIpc) is 2.94. The molecule has 0 atom stereocenters. The summed E-state index contributed by atoms with van der Waals surface area (Å²) >= 11 is 6.14. The molecule has 5 N–H and O–H groups in total. The van der Waals surface area contributed by atoms with Crippen LogP contribution in [0.25, 0.3) is 6.08 Å². The smallest absolute Gasteiger partial charge is 0.257 e. The molecule has 194 valence electrons. The van der Waals surface area contributed by atoms with Crippen molar-refractivity contribution in [3.05, 3.63) is 101 Å². The van der Waals surface area contributed by atoms with Crippen LogP contribution < -0.4 is 16.4 Å². The molecular weight excluding hydrogens is 502 g/mol. The van der Waals surface area contributed by atoms with E-state index in [-0.39, 0.29) is 17.4 Å². The molecule has 0 radical (unpaired) electrons. The number of hydrogen-bond acceptors (Lipinski definition) is 4. The maximum atomic E-state index is 13.0. The Morgan fingerprint density at radius 3 is 2.16 bits per heavy atom. The molecule has 0 aromatic heterocycles. The summed E-state index contributed by atoms with van der Waals surface area (Å²) in [7, 11) is 0. The van der Waals surface area contributed by atoms with Gasteiger partial charge < -0.3 is 21.3 Å². The zero-order valence-corrected chi connectivity index (χ0v) is 21.4. The molecule has 3 amide bonds. The Balaban J connectivity index is 1.43. The topological polar surface area (TPSA) is 128 Å². The minimum Gasteiger partial charge on any atom is -0.369 e. The first kappa shape index (κ1) is 26.6. The summed E-state index contributed by atoms with van der Waals surface area (Å²) in [5, 5.41) is 14.5. The number of piperidine rings is 1. The molecule has 8 nitrogen and oxygen atoms in total. The lowest BCUT2D eigenvalue weighted by molar-refractivity contribution is -0.122. The van der Waals surface area contributed by atoms with Gasteiger partial charge in [0.2, 0.25) is 5.91 Å². The van der Waals surface area contributed by atoms with Crippen molar-refractivity contribution >= 4 is 52.6 Å². The molecule has 3 aromatic rings. The number of rotatable bonds is 7. The lowest BCUT2D eigenvalue weighted by Gasteiger charge is -2.32. The van der Waals surface area contributed by atoms with Gasteiger partial charge in [-0.3, -0.25) is 19.8 Å². The van der Waals surface area contributed by atoms with E-state index in [1.807, 2.05) is 17.0 Å². The molecule has 0 aliphatic carbocycles. The SMILES string of the molecule is C=Cc1ccc(NC(=O)c2cc(Cl)ccc2NC(=O)c2ccc(C(=N)N3CCC(C(N)=O)CC3)cc2)cc1. The van der Waals surface area contributed by atoms with Crippen LogP contribution in [-0.4, -0.2) is 41.5 Å². The van der Waals surface area contributed by atoms with Gasteiger partial charge in [0, 0.05) is 40.8 Å². The highest BCUT2D eigenvalue weighted by atomic mass is 35.5. The van der Waals surface area contributed by atoms with Crippen LogP contribution in [0, 0.1) is 11.3 Å². The minimum atomic E-state index is -0.418. The molecule has 1 saturated heterocycles. The van der Waals surface area contributed by atoms with Gasteiger partial charge in [-0.25, -0.2) is 0 Å². The Morgan fingerprint density at radius 1 is 0.921 bits per heavy atom. The Hall–Kier alpha value is -4.43. The molecule has 38 heavy (non-hydrogen) atoms. The first-order chi connectivity index (χ1) is 18.2. The van der Waals surface area contributed by atoms with Gasteiger partial charge in [0.05, 0.1) is 11.3 Å². The standard InChI is InChI=1S/C29H28ClN5O3/c1-2-18-3-10-23(11-4-18)33-29(38)24-17-22(30)9-12-25(24)34-28(37)21-7-5-19(6-8-21)26(31)35-15-13-20(14-16-35)27(32)36/h2-12,17,20,31H,1,13-16H2,(H2,32,36)(H,33,38)(H,34,37). The highest BCUT2D eigenvalue weighted by Gasteiger charge is 2.25. The van der Waals surface area contributed by atoms with Gasteiger partial charge in [-0.1, -0.05) is 48.5 Å². The van der Waals surface area contributed by atoms with E-state index in [4.69, 9.17) is 22.7 Å². The van der Waals surface area contributed by atoms with Crippen molar-refractivity contribution in [1.29, 1.82) is 5.41 Å². The van der Waals surface area contributed by atoms with Crippen molar-refractivity contribution in [2.75, 3.05) is 23.7 Å². The summed E-state index contributed by atoms with van der Waals surface area (Å²) < 4.78 is 0. The molecule has 1 heterocycles. The van der Waals surface area contributed by atoms with E-state index in [2.05, 4.69) is 17.2 Å². The van der Waals surface area contributed by atoms with E-state index in [1.54, 1.807) is 54.6 Å². The molecule has 4 rings (SSSR count). The molecule has 0 spiro atoms. The van der Waals surface area contributed by atoms with Gasteiger partial charge in [0.1, 0.15) is 5.84 Å². The number of benzene rings is 3. The van der Waals surface area contributed by atoms with Gasteiger partial charge in [0.15, 0.2) is 0 Å². The van der Waals surface area contributed by atoms with E-state index in [0.29, 0.717) is 59.3 Å². The van der Waals surface area contributed by atoms with Crippen LogP contribution >= 0.6 is 11.6 Å².